The molecule has 3 heterocycles. The summed E-state index contributed by atoms with van der Waals surface area (Å²) < 4.78 is 57.3. The number of imide groups is 1. The van der Waals surface area contributed by atoms with Crippen LogP contribution < -0.4 is 0 Å². The van der Waals surface area contributed by atoms with Crippen LogP contribution in [0.3, 0.4) is 0 Å². The number of alkyl halides is 3. The lowest BCUT2D eigenvalue weighted by Crippen LogP contribution is -2.48. The van der Waals surface area contributed by atoms with Crippen LogP contribution in [0.5, 0.6) is 0 Å². The Morgan fingerprint density at radius 3 is 2.13 bits per heavy atom. The van der Waals surface area contributed by atoms with Gasteiger partial charge < -0.3 is 13.9 Å². The van der Waals surface area contributed by atoms with E-state index < -0.39 is 36.6 Å². The molecule has 1 aliphatic carbocycles. The smallest absolute Gasteiger partial charge is 0.420 e. The predicted octanol–water partition coefficient (Wildman–Crippen LogP) is 2.56. The highest BCUT2D eigenvalue weighted by Gasteiger charge is 2.44. The van der Waals surface area contributed by atoms with E-state index in [2.05, 4.69) is 14.9 Å². The molecule has 1 saturated carbocycles. The predicted molar refractivity (Wildman–Crippen MR) is 92.6 cm³/mol. The van der Waals surface area contributed by atoms with Gasteiger partial charge in [0.05, 0.1) is 36.5 Å². The summed E-state index contributed by atoms with van der Waals surface area (Å²) >= 11 is 0. The van der Waals surface area contributed by atoms with Crippen molar-refractivity contribution < 1.29 is 41.4 Å². The minimum Gasteiger partial charge on any atom is -0.420 e. The lowest BCUT2D eigenvalue weighted by molar-refractivity contribution is -0.352. The van der Waals surface area contributed by atoms with Crippen molar-refractivity contribution >= 4 is 11.8 Å². The van der Waals surface area contributed by atoms with Gasteiger partial charge in [-0.15, -0.1) is 23.4 Å². The number of hydrogen-bond acceptors (Lipinski definition) is 8. The Kier molecular flexibility index (Phi) is 4.79. The van der Waals surface area contributed by atoms with Crippen LogP contribution in [0.4, 0.5) is 13.2 Å². The molecule has 2 fully saturated rings. The monoisotopic (exact) mass is 439 g/mol. The van der Waals surface area contributed by atoms with E-state index >= 15 is 0 Å². The second-order valence-electron chi connectivity index (χ2n) is 7.51. The van der Waals surface area contributed by atoms with Crippen molar-refractivity contribution in [2.45, 2.75) is 43.6 Å². The zero-order valence-corrected chi connectivity index (χ0v) is 15.9. The van der Waals surface area contributed by atoms with E-state index in [9.17, 15) is 22.8 Å². The highest BCUT2D eigenvalue weighted by atomic mass is 19.4. The van der Waals surface area contributed by atoms with Gasteiger partial charge in [0, 0.05) is 5.92 Å². The molecule has 0 bridgehead atoms. The molecule has 2 aromatic rings. The van der Waals surface area contributed by atoms with E-state index in [4.69, 9.17) is 13.9 Å². The Bertz CT molecular complexity index is 976. The maximum atomic E-state index is 12.6. The molecule has 5 rings (SSSR count). The molecule has 0 radical (unpaired) electrons. The number of carbonyl (C=O) groups excluding carboxylic acids is 2. The van der Waals surface area contributed by atoms with Crippen molar-refractivity contribution in [2.24, 2.45) is 0 Å². The normalized spacial score (nSPS) is 28.5. The van der Waals surface area contributed by atoms with Crippen LogP contribution in [-0.2, 0) is 14.2 Å². The second kappa shape index (κ2) is 7.39. The number of nitrogens with zero attached hydrogens (tertiary/aromatic N) is 3. The molecular formula is C19H16F3N3O6. The number of aromatic nitrogens is 2. The Balaban J connectivity index is 1.17. The summed E-state index contributed by atoms with van der Waals surface area (Å²) in [5.41, 5.74) is 0.675. The molecule has 3 aliphatic rings. The van der Waals surface area contributed by atoms with E-state index in [0.717, 1.165) is 4.90 Å². The van der Waals surface area contributed by atoms with Crippen LogP contribution in [0.15, 0.2) is 28.7 Å². The van der Waals surface area contributed by atoms with Crippen LogP contribution >= 0.6 is 0 Å². The fourth-order valence-electron chi connectivity index (χ4n) is 3.88. The molecule has 1 saturated heterocycles. The lowest BCUT2D eigenvalue weighted by Gasteiger charge is -2.33. The van der Waals surface area contributed by atoms with E-state index in [0.29, 0.717) is 11.1 Å². The van der Waals surface area contributed by atoms with Gasteiger partial charge in [0.15, 0.2) is 0 Å². The fraction of sp³-hybridized carbons (Fsp3) is 0.474. The Labute approximate surface area is 173 Å². The number of benzene rings is 1. The van der Waals surface area contributed by atoms with Gasteiger partial charge in [0.2, 0.25) is 12.2 Å². The highest BCUT2D eigenvalue weighted by molar-refractivity contribution is 6.21. The van der Waals surface area contributed by atoms with Gasteiger partial charge >= 0.3 is 6.36 Å². The Morgan fingerprint density at radius 2 is 1.55 bits per heavy atom. The van der Waals surface area contributed by atoms with Crippen LogP contribution in [-0.4, -0.2) is 58.6 Å². The van der Waals surface area contributed by atoms with Gasteiger partial charge in [-0.3, -0.25) is 19.2 Å². The number of ether oxygens (including phenoxy) is 3. The second-order valence-corrected chi connectivity index (χ2v) is 7.51. The van der Waals surface area contributed by atoms with Crippen LogP contribution in [0.1, 0.15) is 57.5 Å². The van der Waals surface area contributed by atoms with Crippen LogP contribution in [0.2, 0.25) is 0 Å². The quantitative estimate of drug-likeness (QED) is 0.670. The zero-order chi connectivity index (χ0) is 21.8. The van der Waals surface area contributed by atoms with Gasteiger partial charge in [-0.1, -0.05) is 12.1 Å². The topological polar surface area (TPSA) is 104 Å². The molecule has 164 valence electrons. The third-order valence-corrected chi connectivity index (χ3v) is 5.47. The molecule has 31 heavy (non-hydrogen) atoms. The molecular weight excluding hydrogens is 423 g/mol. The van der Waals surface area contributed by atoms with E-state index in [1.54, 1.807) is 24.3 Å². The Morgan fingerprint density at radius 1 is 0.968 bits per heavy atom. The van der Waals surface area contributed by atoms with Crippen molar-refractivity contribution in [3.63, 3.8) is 0 Å². The number of rotatable bonds is 4. The maximum Gasteiger partial charge on any atom is 0.522 e. The molecule has 12 heteroatoms. The molecule has 1 aromatic carbocycles. The van der Waals surface area contributed by atoms with Gasteiger partial charge in [0.1, 0.15) is 0 Å². The zero-order valence-electron chi connectivity index (χ0n) is 15.9. The molecule has 9 nitrogen and oxygen atoms in total. The number of halogens is 3. The van der Waals surface area contributed by atoms with Crippen molar-refractivity contribution in [3.8, 4) is 0 Å². The average molecular weight is 439 g/mol. The minimum absolute atomic E-state index is 0.0127. The van der Waals surface area contributed by atoms with Crippen molar-refractivity contribution in [1.82, 2.24) is 15.1 Å². The number of hydrogen-bond donors (Lipinski definition) is 0. The third kappa shape index (κ3) is 3.70. The maximum absolute atomic E-state index is 12.6. The summed E-state index contributed by atoms with van der Waals surface area (Å²) in [4.78, 5) is 26.2. The van der Waals surface area contributed by atoms with Crippen molar-refractivity contribution in [1.29, 1.82) is 0 Å². The molecule has 2 amide bonds. The number of fused-ring (bicyclic) bond motifs is 1. The van der Waals surface area contributed by atoms with Gasteiger partial charge in [0.25, 0.3) is 17.7 Å². The molecule has 0 spiro atoms. The molecule has 0 N–H and O–H groups in total. The third-order valence-electron chi connectivity index (χ3n) is 5.47. The van der Waals surface area contributed by atoms with Crippen LogP contribution in [0, 0.1) is 0 Å². The molecule has 1 aromatic heterocycles. The first-order valence-electron chi connectivity index (χ1n) is 9.58. The number of amides is 2. The SMILES string of the molecule is O=C1c2ccccc2C(=O)N1[C@H]1CO[C@H](c2nnc([C@H]3C[C@@H](OC(F)(F)F)C3)o2)OC1. The lowest BCUT2D eigenvalue weighted by atomic mass is 9.82. The van der Waals surface area contributed by atoms with Crippen molar-refractivity contribution in [3.05, 3.63) is 47.2 Å². The summed E-state index contributed by atoms with van der Waals surface area (Å²) in [5.74, 6) is -0.931. The summed E-state index contributed by atoms with van der Waals surface area (Å²) in [6, 6.07) is 5.94. The molecule has 2 aliphatic heterocycles. The Hall–Kier alpha value is -2.83. The summed E-state index contributed by atoms with van der Waals surface area (Å²) in [7, 11) is 0. The largest absolute Gasteiger partial charge is 0.522 e. The highest BCUT2D eigenvalue weighted by Crippen LogP contribution is 2.41. The first-order valence-corrected chi connectivity index (χ1v) is 9.58. The molecule has 0 unspecified atom stereocenters. The first kappa shape index (κ1) is 20.1. The van der Waals surface area contributed by atoms with Crippen LogP contribution in [0.25, 0.3) is 0 Å². The minimum atomic E-state index is -4.67. The fourth-order valence-corrected chi connectivity index (χ4v) is 3.88. The molecule has 0 atom stereocenters. The van der Waals surface area contributed by atoms with Gasteiger partial charge in [-0.25, -0.2) is 0 Å². The van der Waals surface area contributed by atoms with E-state index in [-0.39, 0.29) is 43.8 Å². The summed E-state index contributed by atoms with van der Waals surface area (Å²) in [5, 5.41) is 7.71. The first-order chi connectivity index (χ1) is 14.8. The average Bonchev–Trinajstić information content (AvgIpc) is 3.28. The van der Waals surface area contributed by atoms with E-state index in [1.165, 1.54) is 0 Å². The summed E-state index contributed by atoms with van der Waals surface area (Å²) in [6.07, 6.45) is -6.35. The van der Waals surface area contributed by atoms with Crippen molar-refractivity contribution in [2.75, 3.05) is 13.2 Å². The number of carbonyl (C=O) groups is 2. The standard InChI is InChI=1S/C19H16F3N3O6/c20-19(21,22)31-11-5-9(6-11)14-23-24-15(30-14)18-28-7-10(8-29-18)25-16(26)12-3-1-2-4-13(12)17(25)27/h1-4,9-11,18H,5-8H2/t9-,10-,11+,18-. The summed E-state index contributed by atoms with van der Waals surface area (Å²) in [6.45, 7) is 0.0253. The van der Waals surface area contributed by atoms with Gasteiger partial charge in [-0.05, 0) is 25.0 Å². The van der Waals surface area contributed by atoms with Gasteiger partial charge in [-0.2, -0.15) is 0 Å². The van der Waals surface area contributed by atoms with E-state index in [1.807, 2.05) is 0 Å².